The van der Waals surface area contributed by atoms with Gasteiger partial charge < -0.3 is 5.32 Å². The van der Waals surface area contributed by atoms with Gasteiger partial charge in [0.05, 0.1) is 16.0 Å². The highest BCUT2D eigenvalue weighted by atomic mass is 32.2. The van der Waals surface area contributed by atoms with E-state index >= 15 is 0 Å². The molecule has 0 spiro atoms. The molecule has 0 radical (unpaired) electrons. The molecule has 0 bridgehead atoms. The molecule has 82 valence electrons. The Morgan fingerprint density at radius 2 is 2.27 bits per heavy atom. The highest BCUT2D eigenvalue weighted by Gasteiger charge is 2.35. The number of benzene rings is 1. The Bertz CT molecular complexity index is 408. The van der Waals surface area contributed by atoms with E-state index in [0.29, 0.717) is 0 Å². The molecular formula is C11H14FNOS. The SMILES string of the molecule is CCNC1c2cc(F)ccc2S(=O)C1C. The van der Waals surface area contributed by atoms with Crippen LogP contribution in [-0.2, 0) is 10.8 Å². The van der Waals surface area contributed by atoms with Gasteiger partial charge in [-0.05, 0) is 37.2 Å². The monoisotopic (exact) mass is 227 g/mol. The minimum atomic E-state index is -1.01. The van der Waals surface area contributed by atoms with Crippen molar-refractivity contribution >= 4 is 10.8 Å². The molecule has 0 saturated heterocycles. The van der Waals surface area contributed by atoms with Crippen molar-refractivity contribution in [3.05, 3.63) is 29.6 Å². The van der Waals surface area contributed by atoms with E-state index in [1.54, 1.807) is 6.07 Å². The maximum Gasteiger partial charge on any atom is 0.123 e. The van der Waals surface area contributed by atoms with Crippen molar-refractivity contribution in [1.82, 2.24) is 5.32 Å². The lowest BCUT2D eigenvalue weighted by atomic mass is 10.0. The summed E-state index contributed by atoms with van der Waals surface area (Å²) < 4.78 is 25.0. The van der Waals surface area contributed by atoms with E-state index in [9.17, 15) is 8.60 Å². The third-order valence-corrected chi connectivity index (χ3v) is 4.51. The maximum absolute atomic E-state index is 13.1. The van der Waals surface area contributed by atoms with Gasteiger partial charge in [0, 0.05) is 10.9 Å². The van der Waals surface area contributed by atoms with Crippen LogP contribution in [0.5, 0.6) is 0 Å². The molecular weight excluding hydrogens is 213 g/mol. The lowest BCUT2D eigenvalue weighted by Crippen LogP contribution is -2.27. The fourth-order valence-electron chi connectivity index (χ4n) is 2.02. The second-order valence-electron chi connectivity index (χ2n) is 3.72. The summed E-state index contributed by atoms with van der Waals surface area (Å²) >= 11 is 0. The summed E-state index contributed by atoms with van der Waals surface area (Å²) in [5.41, 5.74) is 0.850. The zero-order valence-corrected chi connectivity index (χ0v) is 9.60. The Labute approximate surface area is 91.3 Å². The van der Waals surface area contributed by atoms with Crippen LogP contribution < -0.4 is 5.32 Å². The zero-order valence-electron chi connectivity index (χ0n) is 8.79. The van der Waals surface area contributed by atoms with Crippen LogP contribution in [0.2, 0.25) is 0 Å². The van der Waals surface area contributed by atoms with Gasteiger partial charge in [0.25, 0.3) is 0 Å². The Hall–Kier alpha value is -0.740. The first kappa shape index (κ1) is 10.8. The highest BCUT2D eigenvalue weighted by Crippen LogP contribution is 2.36. The maximum atomic E-state index is 13.1. The molecule has 1 aromatic rings. The van der Waals surface area contributed by atoms with E-state index in [-0.39, 0.29) is 17.1 Å². The van der Waals surface area contributed by atoms with Gasteiger partial charge in [-0.15, -0.1) is 0 Å². The average Bonchev–Trinajstić information content (AvgIpc) is 2.44. The molecule has 0 aromatic heterocycles. The van der Waals surface area contributed by atoms with Crippen LogP contribution >= 0.6 is 0 Å². The average molecular weight is 227 g/mol. The van der Waals surface area contributed by atoms with Crippen LogP contribution in [-0.4, -0.2) is 16.0 Å². The van der Waals surface area contributed by atoms with Crippen molar-refractivity contribution in [2.24, 2.45) is 0 Å². The molecule has 0 amide bonds. The van der Waals surface area contributed by atoms with Crippen molar-refractivity contribution < 1.29 is 8.60 Å². The first-order valence-corrected chi connectivity index (χ1v) is 6.30. The van der Waals surface area contributed by atoms with Crippen LogP contribution in [0, 0.1) is 5.82 Å². The van der Waals surface area contributed by atoms with Crippen LogP contribution in [0.3, 0.4) is 0 Å². The lowest BCUT2D eigenvalue weighted by molar-refractivity contribution is 0.540. The van der Waals surface area contributed by atoms with Gasteiger partial charge in [0.1, 0.15) is 5.82 Å². The third kappa shape index (κ3) is 1.72. The number of hydrogen-bond acceptors (Lipinski definition) is 2. The Morgan fingerprint density at radius 1 is 1.53 bits per heavy atom. The molecule has 0 aliphatic carbocycles. The van der Waals surface area contributed by atoms with Crippen LogP contribution in [0.1, 0.15) is 25.5 Å². The standard InChI is InChI=1S/C11H14FNOS/c1-3-13-11-7(2)15(14)10-5-4-8(12)6-9(10)11/h4-7,11,13H,3H2,1-2H3. The molecule has 0 fully saturated rings. The quantitative estimate of drug-likeness (QED) is 0.837. The molecule has 3 unspecified atom stereocenters. The molecule has 3 atom stereocenters. The molecule has 2 rings (SSSR count). The lowest BCUT2D eigenvalue weighted by Gasteiger charge is -2.15. The molecule has 4 heteroatoms. The van der Waals surface area contributed by atoms with Gasteiger partial charge in [-0.25, -0.2) is 4.39 Å². The van der Waals surface area contributed by atoms with Crippen molar-refractivity contribution in [3.63, 3.8) is 0 Å². The summed E-state index contributed by atoms with van der Waals surface area (Å²) in [4.78, 5) is 0.773. The topological polar surface area (TPSA) is 29.1 Å². The van der Waals surface area contributed by atoms with E-state index in [1.165, 1.54) is 12.1 Å². The van der Waals surface area contributed by atoms with Crippen molar-refractivity contribution in [1.29, 1.82) is 0 Å². The van der Waals surface area contributed by atoms with E-state index in [1.807, 2.05) is 13.8 Å². The van der Waals surface area contributed by atoms with Crippen LogP contribution in [0.4, 0.5) is 4.39 Å². The molecule has 1 aromatic carbocycles. The van der Waals surface area contributed by atoms with E-state index in [4.69, 9.17) is 0 Å². The molecule has 1 heterocycles. The molecule has 1 N–H and O–H groups in total. The van der Waals surface area contributed by atoms with Crippen molar-refractivity contribution in [2.45, 2.75) is 30.0 Å². The number of fused-ring (bicyclic) bond motifs is 1. The second-order valence-corrected chi connectivity index (χ2v) is 5.50. The first-order chi connectivity index (χ1) is 7.15. The Morgan fingerprint density at radius 3 is 2.93 bits per heavy atom. The predicted octanol–water partition coefficient (Wildman–Crippen LogP) is 1.99. The fraction of sp³-hybridized carbons (Fsp3) is 0.455. The zero-order chi connectivity index (χ0) is 11.0. The summed E-state index contributed by atoms with van der Waals surface area (Å²) in [6, 6.07) is 4.51. The van der Waals surface area contributed by atoms with Gasteiger partial charge in [0.2, 0.25) is 0 Å². The number of hydrogen-bond donors (Lipinski definition) is 1. The van der Waals surface area contributed by atoms with Gasteiger partial charge in [-0.1, -0.05) is 6.92 Å². The van der Waals surface area contributed by atoms with Gasteiger partial charge in [-0.2, -0.15) is 0 Å². The highest BCUT2D eigenvalue weighted by molar-refractivity contribution is 7.86. The minimum absolute atomic E-state index is 0.0153. The van der Waals surface area contributed by atoms with E-state index < -0.39 is 10.8 Å². The number of halogens is 1. The van der Waals surface area contributed by atoms with E-state index in [0.717, 1.165) is 17.0 Å². The molecule has 0 saturated carbocycles. The number of nitrogens with one attached hydrogen (secondary N) is 1. The smallest absolute Gasteiger partial charge is 0.123 e. The Balaban J connectivity index is 2.47. The molecule has 1 aliphatic heterocycles. The van der Waals surface area contributed by atoms with Crippen LogP contribution in [0.15, 0.2) is 23.1 Å². The van der Waals surface area contributed by atoms with Crippen molar-refractivity contribution in [3.8, 4) is 0 Å². The van der Waals surface area contributed by atoms with Gasteiger partial charge in [0.15, 0.2) is 0 Å². The summed E-state index contributed by atoms with van der Waals surface area (Å²) in [6.45, 7) is 4.72. The molecule has 1 aliphatic rings. The normalized spacial score (nSPS) is 29.1. The first-order valence-electron chi connectivity index (χ1n) is 5.08. The van der Waals surface area contributed by atoms with Gasteiger partial charge >= 0.3 is 0 Å². The fourth-order valence-corrected chi connectivity index (χ4v) is 3.53. The third-order valence-electron chi connectivity index (χ3n) is 2.75. The predicted molar refractivity (Wildman–Crippen MR) is 58.7 cm³/mol. The molecule has 2 nitrogen and oxygen atoms in total. The summed E-state index contributed by atoms with van der Waals surface area (Å²) in [6.07, 6.45) is 0. The largest absolute Gasteiger partial charge is 0.309 e. The van der Waals surface area contributed by atoms with Gasteiger partial charge in [-0.3, -0.25) is 4.21 Å². The summed E-state index contributed by atoms with van der Waals surface area (Å²) in [7, 11) is -1.01. The summed E-state index contributed by atoms with van der Waals surface area (Å²) in [5, 5.41) is 3.26. The van der Waals surface area contributed by atoms with Crippen LogP contribution in [0.25, 0.3) is 0 Å². The minimum Gasteiger partial charge on any atom is -0.309 e. The summed E-state index contributed by atoms with van der Waals surface area (Å²) in [5.74, 6) is -0.261. The number of rotatable bonds is 2. The van der Waals surface area contributed by atoms with E-state index in [2.05, 4.69) is 5.32 Å². The Kier molecular flexibility index (Phi) is 2.89. The van der Waals surface area contributed by atoms with Crippen molar-refractivity contribution in [2.75, 3.05) is 6.54 Å². The second kappa shape index (κ2) is 4.02. The molecule has 15 heavy (non-hydrogen) atoms.